The summed E-state index contributed by atoms with van der Waals surface area (Å²) in [5, 5.41) is 4.10. The Morgan fingerprint density at radius 2 is 1.42 bits per heavy atom. The second kappa shape index (κ2) is 8.62. The fourth-order valence-electron chi connectivity index (χ4n) is 2.71. The molecule has 3 rings (SSSR count). The topological polar surface area (TPSA) is 50.7 Å². The number of ether oxygens (including phenoxy) is 1. The lowest BCUT2D eigenvalue weighted by Crippen LogP contribution is -2.26. The summed E-state index contributed by atoms with van der Waals surface area (Å²) in [7, 11) is 1.62. The first kappa shape index (κ1) is 17.4. The minimum atomic E-state index is -0.412. The van der Waals surface area contributed by atoms with Gasteiger partial charge in [-0.05, 0) is 41.0 Å². The summed E-state index contributed by atoms with van der Waals surface area (Å²) in [6, 6.07) is 26.8. The van der Waals surface area contributed by atoms with Crippen molar-refractivity contribution >= 4 is 12.1 Å². The van der Waals surface area contributed by atoms with Crippen LogP contribution in [0.3, 0.4) is 0 Å². The molecule has 26 heavy (non-hydrogen) atoms. The minimum Gasteiger partial charge on any atom is -0.497 e. The van der Waals surface area contributed by atoms with E-state index >= 15 is 0 Å². The second-order valence-electron chi connectivity index (χ2n) is 5.76. The fraction of sp³-hybridized carbons (Fsp3) is 0.0909. The Bertz CT molecular complexity index is 820. The van der Waals surface area contributed by atoms with Crippen molar-refractivity contribution in [3.63, 3.8) is 0 Å². The molecule has 0 aliphatic heterocycles. The van der Waals surface area contributed by atoms with Gasteiger partial charge in [0.2, 0.25) is 0 Å². The average Bonchev–Trinajstić information content (AvgIpc) is 2.70. The third-order valence-corrected chi connectivity index (χ3v) is 4.03. The van der Waals surface area contributed by atoms with Crippen molar-refractivity contribution in [1.82, 2.24) is 5.43 Å². The zero-order chi connectivity index (χ0) is 18.2. The molecule has 0 heterocycles. The summed E-state index contributed by atoms with van der Waals surface area (Å²) in [6.45, 7) is 0. The number of hydrazone groups is 1. The summed E-state index contributed by atoms with van der Waals surface area (Å²) in [6.07, 6.45) is 1.62. The first-order chi connectivity index (χ1) is 12.8. The number of carbonyl (C=O) groups excluding carboxylic acids is 1. The van der Waals surface area contributed by atoms with Crippen LogP contribution in [0.5, 0.6) is 5.75 Å². The van der Waals surface area contributed by atoms with Crippen molar-refractivity contribution in [2.45, 2.75) is 5.92 Å². The molecule has 0 radical (unpaired) electrons. The van der Waals surface area contributed by atoms with Crippen molar-refractivity contribution in [3.05, 3.63) is 102 Å². The highest BCUT2D eigenvalue weighted by atomic mass is 16.5. The molecule has 0 fully saturated rings. The largest absolute Gasteiger partial charge is 0.497 e. The van der Waals surface area contributed by atoms with E-state index in [-0.39, 0.29) is 5.91 Å². The maximum atomic E-state index is 12.8. The number of nitrogens with one attached hydrogen (secondary N) is 1. The molecule has 0 aliphatic carbocycles. The van der Waals surface area contributed by atoms with Gasteiger partial charge < -0.3 is 4.74 Å². The van der Waals surface area contributed by atoms with Gasteiger partial charge in [-0.3, -0.25) is 4.79 Å². The highest BCUT2D eigenvalue weighted by molar-refractivity contribution is 5.88. The van der Waals surface area contributed by atoms with Crippen LogP contribution in [0, 0.1) is 0 Å². The van der Waals surface area contributed by atoms with Gasteiger partial charge in [-0.2, -0.15) is 5.10 Å². The van der Waals surface area contributed by atoms with Gasteiger partial charge in [0, 0.05) is 0 Å². The van der Waals surface area contributed by atoms with E-state index in [2.05, 4.69) is 10.5 Å². The molecule has 1 amide bonds. The lowest BCUT2D eigenvalue weighted by molar-refractivity contribution is -0.121. The van der Waals surface area contributed by atoms with Crippen LogP contribution in [-0.4, -0.2) is 19.2 Å². The van der Waals surface area contributed by atoms with Crippen LogP contribution >= 0.6 is 0 Å². The van der Waals surface area contributed by atoms with Crippen LogP contribution in [0.1, 0.15) is 22.6 Å². The van der Waals surface area contributed by atoms with Gasteiger partial charge in [-0.15, -0.1) is 0 Å². The normalized spacial score (nSPS) is 10.8. The van der Waals surface area contributed by atoms with Gasteiger partial charge >= 0.3 is 0 Å². The smallest absolute Gasteiger partial charge is 0.252 e. The Morgan fingerprint density at radius 3 is 1.92 bits per heavy atom. The summed E-state index contributed by atoms with van der Waals surface area (Å²) in [5.74, 6) is 0.192. The molecule has 130 valence electrons. The number of methoxy groups -OCH3 is 1. The number of rotatable bonds is 6. The van der Waals surface area contributed by atoms with Gasteiger partial charge in [-0.1, -0.05) is 60.7 Å². The molecule has 0 saturated carbocycles. The molecule has 4 heteroatoms. The van der Waals surface area contributed by atoms with Crippen molar-refractivity contribution in [2.24, 2.45) is 5.10 Å². The van der Waals surface area contributed by atoms with E-state index in [1.54, 1.807) is 13.3 Å². The van der Waals surface area contributed by atoms with E-state index < -0.39 is 5.92 Å². The molecular weight excluding hydrogens is 324 g/mol. The molecule has 0 spiro atoms. The quantitative estimate of drug-likeness (QED) is 0.543. The molecular formula is C22H20N2O2. The van der Waals surface area contributed by atoms with Crippen LogP contribution in [0.25, 0.3) is 0 Å². The Balaban J connectivity index is 1.76. The zero-order valence-corrected chi connectivity index (χ0v) is 14.5. The number of amides is 1. The molecule has 0 atom stereocenters. The minimum absolute atomic E-state index is 0.174. The summed E-state index contributed by atoms with van der Waals surface area (Å²) in [5.41, 5.74) is 5.39. The van der Waals surface area contributed by atoms with Crippen molar-refractivity contribution in [2.75, 3.05) is 7.11 Å². The summed E-state index contributed by atoms with van der Waals surface area (Å²) >= 11 is 0. The molecule has 1 N–H and O–H groups in total. The highest BCUT2D eigenvalue weighted by Gasteiger charge is 2.22. The lowest BCUT2D eigenvalue weighted by atomic mass is 9.91. The SMILES string of the molecule is COc1ccc(/C=N/NC(=O)C(c2ccccc2)c2ccccc2)cc1. The van der Waals surface area contributed by atoms with Gasteiger partial charge in [0.15, 0.2) is 0 Å². The maximum absolute atomic E-state index is 12.8. The van der Waals surface area contributed by atoms with Crippen LogP contribution < -0.4 is 10.2 Å². The van der Waals surface area contributed by atoms with E-state index in [0.717, 1.165) is 22.4 Å². The molecule has 3 aromatic carbocycles. The van der Waals surface area contributed by atoms with Crippen LogP contribution in [0.2, 0.25) is 0 Å². The van der Waals surface area contributed by atoms with E-state index in [0.29, 0.717) is 0 Å². The van der Waals surface area contributed by atoms with E-state index in [1.807, 2.05) is 84.9 Å². The second-order valence-corrected chi connectivity index (χ2v) is 5.76. The number of hydrogen-bond donors (Lipinski definition) is 1. The van der Waals surface area contributed by atoms with Gasteiger partial charge in [0.1, 0.15) is 5.75 Å². The first-order valence-electron chi connectivity index (χ1n) is 8.35. The highest BCUT2D eigenvalue weighted by Crippen LogP contribution is 2.24. The van der Waals surface area contributed by atoms with Gasteiger partial charge in [0.05, 0.1) is 19.2 Å². The monoisotopic (exact) mass is 344 g/mol. The number of carbonyl (C=O) groups is 1. The fourth-order valence-corrected chi connectivity index (χ4v) is 2.71. The zero-order valence-electron chi connectivity index (χ0n) is 14.5. The van der Waals surface area contributed by atoms with Crippen LogP contribution in [-0.2, 0) is 4.79 Å². The third-order valence-electron chi connectivity index (χ3n) is 4.03. The average molecular weight is 344 g/mol. The molecule has 0 unspecified atom stereocenters. The molecule has 0 aliphatic rings. The number of nitrogens with zero attached hydrogens (tertiary/aromatic N) is 1. The van der Waals surface area contributed by atoms with E-state index in [4.69, 9.17) is 4.74 Å². The predicted molar refractivity (Wildman–Crippen MR) is 103 cm³/mol. The maximum Gasteiger partial charge on any atom is 0.252 e. The molecule has 0 bridgehead atoms. The van der Waals surface area contributed by atoms with E-state index in [9.17, 15) is 4.79 Å². The number of benzene rings is 3. The summed E-state index contributed by atoms with van der Waals surface area (Å²) in [4.78, 5) is 12.8. The van der Waals surface area contributed by atoms with E-state index in [1.165, 1.54) is 0 Å². The lowest BCUT2D eigenvalue weighted by Gasteiger charge is -2.16. The molecule has 0 aromatic heterocycles. The van der Waals surface area contributed by atoms with Crippen LogP contribution in [0.4, 0.5) is 0 Å². The Hall–Kier alpha value is -3.40. The van der Waals surface area contributed by atoms with Crippen molar-refractivity contribution < 1.29 is 9.53 Å². The standard InChI is InChI=1S/C22H20N2O2/c1-26-20-14-12-17(13-15-20)16-23-24-22(25)21(18-8-4-2-5-9-18)19-10-6-3-7-11-19/h2-16,21H,1H3,(H,24,25)/b23-16+. The van der Waals surface area contributed by atoms with Gasteiger partial charge in [0.25, 0.3) is 5.91 Å². The van der Waals surface area contributed by atoms with Crippen molar-refractivity contribution in [1.29, 1.82) is 0 Å². The predicted octanol–water partition coefficient (Wildman–Crippen LogP) is 3.98. The van der Waals surface area contributed by atoms with Crippen molar-refractivity contribution in [3.8, 4) is 5.75 Å². The Kier molecular flexibility index (Phi) is 5.78. The third kappa shape index (κ3) is 4.36. The van der Waals surface area contributed by atoms with Crippen LogP contribution in [0.15, 0.2) is 90.0 Å². The molecule has 4 nitrogen and oxygen atoms in total. The first-order valence-corrected chi connectivity index (χ1v) is 8.35. The Labute approximate surface area is 153 Å². The summed E-state index contributed by atoms with van der Waals surface area (Å²) < 4.78 is 5.13. The Morgan fingerprint density at radius 1 is 0.885 bits per heavy atom. The van der Waals surface area contributed by atoms with Gasteiger partial charge in [-0.25, -0.2) is 5.43 Å². The molecule has 0 saturated heterocycles. The number of hydrogen-bond acceptors (Lipinski definition) is 3. The molecule has 3 aromatic rings.